The zero-order valence-electron chi connectivity index (χ0n) is 16.4. The normalized spacial score (nSPS) is 14.8. The van der Waals surface area contributed by atoms with Crippen molar-refractivity contribution in [1.82, 2.24) is 4.98 Å². The minimum Gasteiger partial charge on any atom is -0.443 e. The zero-order valence-corrected chi connectivity index (χ0v) is 16.4. The van der Waals surface area contributed by atoms with Gasteiger partial charge in [0.05, 0.1) is 12.3 Å². The first-order valence-electron chi connectivity index (χ1n) is 9.10. The molecule has 2 aromatic rings. The van der Waals surface area contributed by atoms with Gasteiger partial charge < -0.3 is 25.8 Å². The summed E-state index contributed by atoms with van der Waals surface area (Å²) in [5, 5.41) is 0. The molecule has 1 amide bonds. The van der Waals surface area contributed by atoms with Gasteiger partial charge in [-0.2, -0.15) is 0 Å². The van der Waals surface area contributed by atoms with Crippen molar-refractivity contribution in [2.75, 3.05) is 18.0 Å². The maximum Gasteiger partial charge on any atom is 0.437 e. The molecule has 4 N–H and O–H groups in total. The summed E-state index contributed by atoms with van der Waals surface area (Å²) in [5.41, 5.74) is 12.5. The number of hydrogen-bond donors (Lipinski definition) is 2. The van der Waals surface area contributed by atoms with Crippen LogP contribution in [0, 0.1) is 12.7 Å². The highest BCUT2D eigenvalue weighted by atomic mass is 19.1. The predicted octanol–water partition coefficient (Wildman–Crippen LogP) is 2.23. The standard InChI is InChI=1S/C20H24FN5O3/c1-13-8-14(6-7-24-13)9-29-20(2)11-26(12-20)16-5-3-4-15(17(16)21)10-28-19(27)25-18(22)23/h3-8H,9-12H2,1-2H3,(H4,22,23,25,27). The van der Waals surface area contributed by atoms with E-state index in [-0.39, 0.29) is 17.8 Å². The van der Waals surface area contributed by atoms with Crippen LogP contribution >= 0.6 is 0 Å². The van der Waals surface area contributed by atoms with Crippen molar-refractivity contribution < 1.29 is 18.7 Å². The maximum atomic E-state index is 14.8. The fourth-order valence-corrected chi connectivity index (χ4v) is 3.17. The molecule has 154 valence electrons. The first-order chi connectivity index (χ1) is 13.8. The van der Waals surface area contributed by atoms with Gasteiger partial charge in [-0.1, -0.05) is 12.1 Å². The Morgan fingerprint density at radius 3 is 2.76 bits per heavy atom. The fraction of sp³-hybridized carbons (Fsp3) is 0.350. The van der Waals surface area contributed by atoms with Crippen LogP contribution in [0.1, 0.15) is 23.7 Å². The van der Waals surface area contributed by atoms with Crippen LogP contribution < -0.4 is 16.4 Å². The van der Waals surface area contributed by atoms with Crippen molar-refractivity contribution in [3.8, 4) is 0 Å². The largest absolute Gasteiger partial charge is 0.443 e. The molecule has 0 atom stereocenters. The molecule has 0 bridgehead atoms. The fourth-order valence-electron chi connectivity index (χ4n) is 3.17. The summed E-state index contributed by atoms with van der Waals surface area (Å²) >= 11 is 0. The number of nitrogens with zero attached hydrogens (tertiary/aromatic N) is 3. The van der Waals surface area contributed by atoms with Crippen LogP contribution in [-0.4, -0.2) is 35.7 Å². The van der Waals surface area contributed by atoms with E-state index in [1.54, 1.807) is 24.4 Å². The van der Waals surface area contributed by atoms with E-state index in [4.69, 9.17) is 20.9 Å². The summed E-state index contributed by atoms with van der Waals surface area (Å²) in [4.78, 5) is 20.7. The molecule has 0 unspecified atom stereocenters. The lowest BCUT2D eigenvalue weighted by molar-refractivity contribution is -0.0618. The molecule has 0 aliphatic carbocycles. The summed E-state index contributed by atoms with van der Waals surface area (Å²) < 4.78 is 25.8. The Kier molecular flexibility index (Phi) is 5.97. The van der Waals surface area contributed by atoms with Gasteiger partial charge in [-0.25, -0.2) is 9.18 Å². The topological polar surface area (TPSA) is 116 Å². The van der Waals surface area contributed by atoms with Gasteiger partial charge in [0.25, 0.3) is 0 Å². The number of nitrogens with two attached hydrogens (primary N) is 2. The number of aliphatic imine (C=N–C) groups is 1. The Hall–Kier alpha value is -3.20. The lowest BCUT2D eigenvalue weighted by Crippen LogP contribution is -2.61. The summed E-state index contributed by atoms with van der Waals surface area (Å²) in [7, 11) is 0. The van der Waals surface area contributed by atoms with Gasteiger partial charge in [0.15, 0.2) is 11.8 Å². The number of hydrogen-bond acceptors (Lipinski definition) is 5. The summed E-state index contributed by atoms with van der Waals surface area (Å²) in [6.45, 7) is 5.22. The molecule has 2 heterocycles. The SMILES string of the molecule is Cc1cc(COC2(C)CN(c3cccc(COC(=O)N=C(N)N)c3F)C2)ccn1. The van der Waals surface area contributed by atoms with Crippen LogP contribution in [0.2, 0.25) is 0 Å². The van der Waals surface area contributed by atoms with E-state index in [1.807, 2.05) is 30.9 Å². The van der Waals surface area contributed by atoms with Gasteiger partial charge in [-0.15, -0.1) is 4.99 Å². The Balaban J connectivity index is 1.58. The van der Waals surface area contributed by atoms with Crippen LogP contribution in [0.25, 0.3) is 0 Å². The van der Waals surface area contributed by atoms with E-state index in [2.05, 4.69) is 9.98 Å². The highest BCUT2D eigenvalue weighted by molar-refractivity contribution is 5.87. The number of carbonyl (C=O) groups is 1. The number of rotatable bonds is 6. The molecule has 9 heteroatoms. The van der Waals surface area contributed by atoms with E-state index >= 15 is 0 Å². The Morgan fingerprint density at radius 2 is 2.07 bits per heavy atom. The average molecular weight is 401 g/mol. The van der Waals surface area contributed by atoms with E-state index in [0.717, 1.165) is 11.3 Å². The molecule has 8 nitrogen and oxygen atoms in total. The second-order valence-electron chi connectivity index (χ2n) is 7.24. The highest BCUT2D eigenvalue weighted by Crippen LogP contribution is 2.33. The predicted molar refractivity (Wildman–Crippen MR) is 107 cm³/mol. The Morgan fingerprint density at radius 1 is 1.31 bits per heavy atom. The number of guanidine groups is 1. The molecule has 0 radical (unpaired) electrons. The number of benzene rings is 1. The maximum absolute atomic E-state index is 14.8. The Bertz CT molecular complexity index is 924. The van der Waals surface area contributed by atoms with Gasteiger partial charge in [0.1, 0.15) is 12.2 Å². The molecule has 1 aliphatic rings. The number of aromatic nitrogens is 1. The molecular weight excluding hydrogens is 377 g/mol. The van der Waals surface area contributed by atoms with Crippen LogP contribution in [0.4, 0.5) is 14.9 Å². The lowest BCUT2D eigenvalue weighted by atomic mass is 9.95. The third kappa shape index (κ3) is 5.20. The minimum atomic E-state index is -0.967. The van der Waals surface area contributed by atoms with E-state index < -0.39 is 17.9 Å². The van der Waals surface area contributed by atoms with Crippen molar-refractivity contribution in [3.63, 3.8) is 0 Å². The number of pyridine rings is 1. The van der Waals surface area contributed by atoms with Gasteiger partial charge in [-0.05, 0) is 37.6 Å². The average Bonchev–Trinajstić information content (AvgIpc) is 2.63. The number of anilines is 1. The van der Waals surface area contributed by atoms with Crippen LogP contribution in [0.5, 0.6) is 0 Å². The van der Waals surface area contributed by atoms with E-state index in [0.29, 0.717) is 25.4 Å². The number of amides is 1. The molecule has 0 saturated carbocycles. The van der Waals surface area contributed by atoms with Crippen molar-refractivity contribution in [3.05, 3.63) is 59.2 Å². The molecule has 1 aromatic carbocycles. The second-order valence-corrected chi connectivity index (χ2v) is 7.24. The summed E-state index contributed by atoms with van der Waals surface area (Å²) in [6.07, 6.45) is 0.788. The molecule has 0 spiro atoms. The van der Waals surface area contributed by atoms with Crippen molar-refractivity contribution in [1.29, 1.82) is 0 Å². The number of carbonyl (C=O) groups excluding carboxylic acids is 1. The van der Waals surface area contributed by atoms with Crippen molar-refractivity contribution >= 4 is 17.7 Å². The Labute approximate surface area is 168 Å². The zero-order chi connectivity index (χ0) is 21.0. The van der Waals surface area contributed by atoms with Gasteiger partial charge in [0.2, 0.25) is 0 Å². The molecule has 1 aromatic heterocycles. The molecule has 3 rings (SSSR count). The molecule has 29 heavy (non-hydrogen) atoms. The van der Waals surface area contributed by atoms with Gasteiger partial charge in [-0.3, -0.25) is 4.98 Å². The monoisotopic (exact) mass is 401 g/mol. The molecule has 1 saturated heterocycles. The molecule has 1 aliphatic heterocycles. The third-order valence-corrected chi connectivity index (χ3v) is 4.57. The van der Waals surface area contributed by atoms with Crippen LogP contribution in [-0.2, 0) is 22.7 Å². The second kappa shape index (κ2) is 8.44. The van der Waals surface area contributed by atoms with Gasteiger partial charge >= 0.3 is 6.09 Å². The van der Waals surface area contributed by atoms with Crippen LogP contribution in [0.3, 0.4) is 0 Å². The summed E-state index contributed by atoms with van der Waals surface area (Å²) in [6, 6.07) is 8.83. The lowest BCUT2D eigenvalue weighted by Gasteiger charge is -2.49. The van der Waals surface area contributed by atoms with E-state index in [9.17, 15) is 9.18 Å². The van der Waals surface area contributed by atoms with Crippen molar-refractivity contribution in [2.45, 2.75) is 32.7 Å². The smallest absolute Gasteiger partial charge is 0.437 e. The van der Waals surface area contributed by atoms with Gasteiger partial charge in [0, 0.05) is 30.5 Å². The molecule has 1 fully saturated rings. The number of ether oxygens (including phenoxy) is 2. The highest BCUT2D eigenvalue weighted by Gasteiger charge is 2.41. The summed E-state index contributed by atoms with van der Waals surface area (Å²) in [5.74, 6) is -0.858. The number of halogens is 1. The quantitative estimate of drug-likeness (QED) is 0.563. The first kappa shape index (κ1) is 20.5. The minimum absolute atomic E-state index is 0.239. The van der Waals surface area contributed by atoms with Crippen molar-refractivity contribution in [2.24, 2.45) is 16.5 Å². The number of aryl methyl sites for hydroxylation is 1. The molecular formula is C20H24FN5O3. The third-order valence-electron chi connectivity index (χ3n) is 4.57. The first-order valence-corrected chi connectivity index (χ1v) is 9.10. The van der Waals surface area contributed by atoms with Crippen LogP contribution in [0.15, 0.2) is 41.5 Å². The van der Waals surface area contributed by atoms with E-state index in [1.165, 1.54) is 0 Å².